The Morgan fingerprint density at radius 3 is 2.56 bits per heavy atom. The van der Waals surface area contributed by atoms with Crippen molar-refractivity contribution in [3.05, 3.63) is 39.4 Å². The minimum absolute atomic E-state index is 0.0356. The van der Waals surface area contributed by atoms with E-state index in [4.69, 9.17) is 4.74 Å². The zero-order valence-electron chi connectivity index (χ0n) is 14.9. The molecule has 0 aliphatic heterocycles. The fourth-order valence-electron chi connectivity index (χ4n) is 3.06. The van der Waals surface area contributed by atoms with E-state index in [-0.39, 0.29) is 16.7 Å². The van der Waals surface area contributed by atoms with Gasteiger partial charge in [-0.2, -0.15) is 0 Å². The summed E-state index contributed by atoms with van der Waals surface area (Å²) in [6, 6.07) is 1.11. The van der Waals surface area contributed by atoms with Crippen molar-refractivity contribution in [3.8, 4) is 5.75 Å². The van der Waals surface area contributed by atoms with Gasteiger partial charge in [0.25, 0.3) is 0 Å². The molecular weight excluding hydrogens is 325 g/mol. The van der Waals surface area contributed by atoms with Gasteiger partial charge in [0.15, 0.2) is 0 Å². The molecule has 0 unspecified atom stereocenters. The lowest BCUT2D eigenvalue weighted by molar-refractivity contribution is 0.0694. The molecule has 0 atom stereocenters. The van der Waals surface area contributed by atoms with Crippen LogP contribution in [-0.2, 0) is 6.54 Å². The number of carbonyl (C=O) groups is 1. The van der Waals surface area contributed by atoms with E-state index in [2.05, 4.69) is 6.92 Å². The smallest absolute Gasteiger partial charge is 0.341 e. The van der Waals surface area contributed by atoms with Gasteiger partial charge in [0, 0.05) is 18.3 Å². The number of hydrogen-bond donors (Lipinski definition) is 1. The first-order valence-electron chi connectivity index (χ1n) is 8.55. The van der Waals surface area contributed by atoms with Crippen LogP contribution < -0.4 is 10.2 Å². The molecule has 1 heterocycles. The first kappa shape index (κ1) is 19.0. The Labute approximate surface area is 146 Å². The summed E-state index contributed by atoms with van der Waals surface area (Å²) >= 11 is 0. The monoisotopic (exact) mass is 349 g/mol. The lowest BCUT2D eigenvalue weighted by Gasteiger charge is -2.17. The van der Waals surface area contributed by atoms with Crippen LogP contribution >= 0.6 is 0 Å². The Morgan fingerprint density at radius 2 is 1.96 bits per heavy atom. The van der Waals surface area contributed by atoms with Gasteiger partial charge in [-0.05, 0) is 19.4 Å². The van der Waals surface area contributed by atoms with E-state index >= 15 is 0 Å². The lowest BCUT2D eigenvalue weighted by Crippen LogP contribution is -2.20. The number of unbranched alkanes of at least 4 members (excludes halogenated alkanes) is 4. The minimum atomic E-state index is -1.31. The molecule has 1 aromatic carbocycles. The van der Waals surface area contributed by atoms with Crippen molar-refractivity contribution in [1.82, 2.24) is 4.57 Å². The third kappa shape index (κ3) is 3.83. The first-order chi connectivity index (χ1) is 11.9. The summed E-state index contributed by atoms with van der Waals surface area (Å²) in [6.45, 7) is 4.26. The zero-order valence-corrected chi connectivity index (χ0v) is 14.9. The average Bonchev–Trinajstić information content (AvgIpc) is 2.58. The molecule has 1 aromatic heterocycles. The van der Waals surface area contributed by atoms with E-state index < -0.39 is 17.2 Å². The number of hydrogen-bond acceptors (Lipinski definition) is 3. The highest BCUT2D eigenvalue weighted by Gasteiger charge is 2.20. The third-order valence-electron chi connectivity index (χ3n) is 4.44. The van der Waals surface area contributed by atoms with Gasteiger partial charge in [0.05, 0.1) is 18.0 Å². The van der Waals surface area contributed by atoms with E-state index in [1.807, 2.05) is 0 Å². The second kappa shape index (κ2) is 8.14. The quantitative estimate of drug-likeness (QED) is 0.728. The van der Waals surface area contributed by atoms with E-state index in [0.717, 1.165) is 38.2 Å². The predicted molar refractivity (Wildman–Crippen MR) is 95.2 cm³/mol. The van der Waals surface area contributed by atoms with E-state index in [1.165, 1.54) is 13.3 Å². The fourth-order valence-corrected chi connectivity index (χ4v) is 3.06. The maximum Gasteiger partial charge on any atom is 0.341 e. The van der Waals surface area contributed by atoms with Gasteiger partial charge < -0.3 is 14.4 Å². The molecule has 0 aliphatic rings. The van der Waals surface area contributed by atoms with Crippen LogP contribution in [0.2, 0.25) is 0 Å². The molecule has 0 radical (unpaired) electrons. The number of aromatic carboxylic acids is 1. The number of pyridine rings is 1. The molecule has 6 heteroatoms. The molecule has 2 rings (SSSR count). The van der Waals surface area contributed by atoms with Crippen LogP contribution in [0.3, 0.4) is 0 Å². The zero-order chi connectivity index (χ0) is 18.6. The summed E-state index contributed by atoms with van der Waals surface area (Å²) in [4.78, 5) is 23.9. The van der Waals surface area contributed by atoms with Gasteiger partial charge in [0.2, 0.25) is 5.43 Å². The average molecular weight is 349 g/mol. The number of carboxylic acids is 1. The Morgan fingerprint density at radius 1 is 1.28 bits per heavy atom. The maximum absolute atomic E-state index is 14.2. The molecule has 0 saturated carbocycles. The summed E-state index contributed by atoms with van der Waals surface area (Å²) in [7, 11) is 1.42. The number of fused-ring (bicyclic) bond motifs is 1. The third-order valence-corrected chi connectivity index (χ3v) is 4.44. The number of carboxylic acid groups (broad SMARTS) is 1. The molecule has 0 amide bonds. The topological polar surface area (TPSA) is 68.5 Å². The van der Waals surface area contributed by atoms with Gasteiger partial charge in [-0.1, -0.05) is 32.6 Å². The summed E-state index contributed by atoms with van der Waals surface area (Å²) in [5, 5.41) is 9.34. The highest BCUT2D eigenvalue weighted by molar-refractivity contribution is 5.94. The van der Waals surface area contributed by atoms with Crippen molar-refractivity contribution in [2.45, 2.75) is 52.5 Å². The Hall–Kier alpha value is -2.37. The number of methoxy groups -OCH3 is 1. The van der Waals surface area contributed by atoms with Gasteiger partial charge in [-0.25, -0.2) is 9.18 Å². The van der Waals surface area contributed by atoms with Crippen molar-refractivity contribution >= 4 is 16.9 Å². The van der Waals surface area contributed by atoms with Crippen molar-refractivity contribution in [1.29, 1.82) is 0 Å². The predicted octanol–water partition coefficient (Wildman–Crippen LogP) is 4.13. The maximum atomic E-state index is 14.2. The van der Waals surface area contributed by atoms with Gasteiger partial charge in [-0.3, -0.25) is 4.79 Å². The SMILES string of the molecule is CCCCCCCn1cc(C(=O)O)c(=O)c2cc(F)c(C)c(OC)c21. The number of benzene rings is 1. The molecule has 0 bridgehead atoms. The molecular formula is C19H24FNO4. The molecule has 0 aliphatic carbocycles. The number of halogens is 1. The molecule has 0 fully saturated rings. The highest BCUT2D eigenvalue weighted by atomic mass is 19.1. The molecule has 136 valence electrons. The van der Waals surface area contributed by atoms with E-state index in [0.29, 0.717) is 17.6 Å². The normalized spacial score (nSPS) is 11.0. The van der Waals surface area contributed by atoms with Crippen molar-refractivity contribution < 1.29 is 19.0 Å². The van der Waals surface area contributed by atoms with Crippen LogP contribution in [0.4, 0.5) is 4.39 Å². The van der Waals surface area contributed by atoms with E-state index in [9.17, 15) is 19.1 Å². The number of rotatable bonds is 8. The fraction of sp³-hybridized carbons (Fsp3) is 0.474. The molecule has 0 spiro atoms. The number of aromatic nitrogens is 1. The van der Waals surface area contributed by atoms with E-state index in [1.54, 1.807) is 11.5 Å². The second-order valence-electron chi connectivity index (χ2n) is 6.20. The highest BCUT2D eigenvalue weighted by Crippen LogP contribution is 2.30. The van der Waals surface area contributed by atoms with Crippen LogP contribution in [0.5, 0.6) is 5.75 Å². The number of aryl methyl sites for hydroxylation is 1. The summed E-state index contributed by atoms with van der Waals surface area (Å²) in [5.74, 6) is -1.62. The standard InChI is InChI=1S/C19H24FNO4/c1-4-5-6-7-8-9-21-11-14(19(23)24)17(22)13-10-15(20)12(2)18(25-3)16(13)21/h10-11H,4-9H2,1-3H3,(H,23,24). The second-order valence-corrected chi connectivity index (χ2v) is 6.20. The number of nitrogens with zero attached hydrogens (tertiary/aromatic N) is 1. The first-order valence-corrected chi connectivity index (χ1v) is 8.55. The Balaban J connectivity index is 2.61. The molecule has 2 aromatic rings. The van der Waals surface area contributed by atoms with Crippen LogP contribution in [0.1, 0.15) is 54.9 Å². The van der Waals surface area contributed by atoms with Gasteiger partial charge in [-0.15, -0.1) is 0 Å². The lowest BCUT2D eigenvalue weighted by atomic mass is 10.1. The minimum Gasteiger partial charge on any atom is -0.494 e. The van der Waals surface area contributed by atoms with Crippen LogP contribution in [-0.4, -0.2) is 22.8 Å². The summed E-state index contributed by atoms with van der Waals surface area (Å²) in [6.07, 6.45) is 6.58. The van der Waals surface area contributed by atoms with Crippen LogP contribution in [0.15, 0.2) is 17.1 Å². The van der Waals surface area contributed by atoms with Crippen molar-refractivity contribution in [2.75, 3.05) is 7.11 Å². The Bertz CT molecular complexity index is 842. The Kier molecular flexibility index (Phi) is 6.17. The summed E-state index contributed by atoms with van der Waals surface area (Å²) in [5.41, 5.74) is -0.294. The molecule has 25 heavy (non-hydrogen) atoms. The van der Waals surface area contributed by atoms with Gasteiger partial charge in [0.1, 0.15) is 17.1 Å². The molecule has 5 nitrogen and oxygen atoms in total. The largest absolute Gasteiger partial charge is 0.494 e. The van der Waals surface area contributed by atoms with Crippen LogP contribution in [0, 0.1) is 12.7 Å². The van der Waals surface area contributed by atoms with Crippen molar-refractivity contribution in [2.24, 2.45) is 0 Å². The van der Waals surface area contributed by atoms with Crippen LogP contribution in [0.25, 0.3) is 10.9 Å². The van der Waals surface area contributed by atoms with Gasteiger partial charge >= 0.3 is 5.97 Å². The van der Waals surface area contributed by atoms with Crippen molar-refractivity contribution in [3.63, 3.8) is 0 Å². The molecule has 0 saturated heterocycles. The molecule has 1 N–H and O–H groups in total. The number of ether oxygens (including phenoxy) is 1. The summed E-state index contributed by atoms with van der Waals surface area (Å²) < 4.78 is 21.2.